The van der Waals surface area contributed by atoms with E-state index in [4.69, 9.17) is 5.73 Å². The van der Waals surface area contributed by atoms with Crippen molar-refractivity contribution in [3.63, 3.8) is 0 Å². The molecule has 0 radical (unpaired) electrons. The fourth-order valence-electron chi connectivity index (χ4n) is 3.77. The van der Waals surface area contributed by atoms with Gasteiger partial charge in [0.1, 0.15) is 28.6 Å². The number of nitrogens with zero attached hydrogens (tertiary/aromatic N) is 3. The molecular formula is C21H14FN5O6S4. The van der Waals surface area contributed by atoms with E-state index in [1.165, 1.54) is 41.4 Å². The van der Waals surface area contributed by atoms with Crippen LogP contribution in [0.5, 0.6) is 0 Å². The molecule has 0 spiro atoms. The van der Waals surface area contributed by atoms with E-state index in [2.05, 4.69) is 15.5 Å². The third kappa shape index (κ3) is 4.56. The Labute approximate surface area is 222 Å². The van der Waals surface area contributed by atoms with Crippen LogP contribution >= 0.6 is 46.2 Å². The molecule has 1 aromatic carbocycles. The number of fused-ring (bicyclic) bond motifs is 2. The minimum Gasteiger partial charge on any atom is -0.477 e. The first-order valence-corrected chi connectivity index (χ1v) is 13.8. The zero-order valence-electron chi connectivity index (χ0n) is 18.2. The highest BCUT2D eigenvalue weighted by atomic mass is 32.2. The van der Waals surface area contributed by atoms with Crippen molar-refractivity contribution in [3.05, 3.63) is 62.0 Å². The number of anilines is 1. The number of carboxylic acid groups (broad SMARTS) is 1. The van der Waals surface area contributed by atoms with Crippen LogP contribution in [0.4, 0.5) is 9.52 Å². The summed E-state index contributed by atoms with van der Waals surface area (Å²) in [6, 6.07) is 4.11. The number of carboxylic acids is 1. The van der Waals surface area contributed by atoms with Crippen molar-refractivity contribution in [2.24, 2.45) is 5.16 Å². The Balaban J connectivity index is 1.39. The van der Waals surface area contributed by atoms with Gasteiger partial charge in [-0.3, -0.25) is 19.3 Å². The van der Waals surface area contributed by atoms with E-state index in [0.29, 0.717) is 19.2 Å². The maximum Gasteiger partial charge on any atom is 0.353 e. The molecule has 5 rings (SSSR count). The van der Waals surface area contributed by atoms with Crippen LogP contribution in [0.1, 0.15) is 5.69 Å². The van der Waals surface area contributed by atoms with E-state index in [9.17, 15) is 33.9 Å². The van der Waals surface area contributed by atoms with Crippen molar-refractivity contribution in [2.75, 3.05) is 11.5 Å². The standard InChI is InChI=1S/C21H14FN5O6S4/c22-7-1-2-8-10(28)4-13(36-11(8)3-7)37-12-6-34-19-15(18(30)27(19)16(12)20(31)32)25-17(29)14(26-33)9-5-35-21(23)24-9/h1-5,15,19,33H,6H2,(H2,23,24)(H,25,29)(H,31,32)/b26-14+/t15?,19-/m1/s1. The third-order valence-corrected chi connectivity index (χ3v) is 9.81. The van der Waals surface area contributed by atoms with Crippen molar-refractivity contribution >= 4 is 84.9 Å². The predicted molar refractivity (Wildman–Crippen MR) is 138 cm³/mol. The minimum absolute atomic E-state index is 0.0292. The number of β-lactam (4-membered cyclic amide) rings is 1. The first-order chi connectivity index (χ1) is 17.7. The lowest BCUT2D eigenvalue weighted by atomic mass is 10.0. The summed E-state index contributed by atoms with van der Waals surface area (Å²) in [5.41, 5.74) is 4.55. The smallest absolute Gasteiger partial charge is 0.353 e. The van der Waals surface area contributed by atoms with Gasteiger partial charge in [-0.15, -0.1) is 34.4 Å². The molecular weight excluding hydrogens is 566 g/mol. The Kier molecular flexibility index (Phi) is 6.65. The number of thioether (sulfide) groups is 2. The number of rotatable bonds is 6. The highest BCUT2D eigenvalue weighted by Crippen LogP contribution is 2.46. The molecule has 37 heavy (non-hydrogen) atoms. The molecule has 4 heterocycles. The fraction of sp³-hybridized carbons (Fsp3) is 0.143. The molecule has 16 heteroatoms. The number of carbonyl (C=O) groups is 3. The molecule has 2 aliphatic rings. The normalized spacial score (nSPS) is 19.5. The average Bonchev–Trinajstić information content (AvgIpc) is 3.27. The Bertz CT molecular complexity index is 1600. The number of carbonyl (C=O) groups excluding carboxylic acids is 2. The molecule has 5 N–H and O–H groups in total. The largest absolute Gasteiger partial charge is 0.477 e. The Morgan fingerprint density at radius 3 is 2.76 bits per heavy atom. The van der Waals surface area contributed by atoms with E-state index < -0.39 is 40.7 Å². The van der Waals surface area contributed by atoms with Crippen LogP contribution in [-0.4, -0.2) is 60.9 Å². The van der Waals surface area contributed by atoms with Gasteiger partial charge in [0.15, 0.2) is 16.3 Å². The van der Waals surface area contributed by atoms with Crippen molar-refractivity contribution in [1.29, 1.82) is 0 Å². The summed E-state index contributed by atoms with van der Waals surface area (Å²) in [6.45, 7) is 0. The monoisotopic (exact) mass is 579 g/mol. The van der Waals surface area contributed by atoms with Crippen LogP contribution in [0.3, 0.4) is 0 Å². The summed E-state index contributed by atoms with van der Waals surface area (Å²) in [6.07, 6.45) is 0. The highest BCUT2D eigenvalue weighted by molar-refractivity contribution is 8.07. The number of aromatic nitrogens is 1. The van der Waals surface area contributed by atoms with Crippen LogP contribution in [0, 0.1) is 5.82 Å². The van der Waals surface area contributed by atoms with Crippen LogP contribution in [0.2, 0.25) is 0 Å². The van der Waals surface area contributed by atoms with Crippen molar-refractivity contribution in [3.8, 4) is 0 Å². The van der Waals surface area contributed by atoms with E-state index in [-0.39, 0.29) is 27.7 Å². The van der Waals surface area contributed by atoms with Gasteiger partial charge in [0, 0.05) is 32.2 Å². The number of nitrogens with two attached hydrogens (primary N) is 1. The van der Waals surface area contributed by atoms with E-state index in [1.807, 2.05) is 0 Å². The maximum absolute atomic E-state index is 13.7. The Morgan fingerprint density at radius 2 is 2.08 bits per heavy atom. The average molecular weight is 580 g/mol. The van der Waals surface area contributed by atoms with Crippen LogP contribution in [0.25, 0.3) is 10.1 Å². The molecule has 3 aromatic rings. The van der Waals surface area contributed by atoms with Crippen LogP contribution < -0.4 is 16.5 Å². The molecule has 2 amide bonds. The van der Waals surface area contributed by atoms with Gasteiger partial charge in [-0.1, -0.05) is 16.9 Å². The first-order valence-electron chi connectivity index (χ1n) is 10.2. The number of halogens is 1. The number of thiazole rings is 1. The number of hydrogen-bond acceptors (Lipinski definition) is 12. The highest BCUT2D eigenvalue weighted by Gasteiger charge is 2.54. The summed E-state index contributed by atoms with van der Waals surface area (Å²) in [5, 5.41) is 25.8. The molecule has 0 aliphatic carbocycles. The van der Waals surface area contributed by atoms with Gasteiger partial charge in [-0.25, -0.2) is 14.2 Å². The summed E-state index contributed by atoms with van der Waals surface area (Å²) in [4.78, 5) is 55.5. The lowest BCUT2D eigenvalue weighted by Gasteiger charge is -2.49. The van der Waals surface area contributed by atoms with Crippen LogP contribution in [-0.2, 0) is 14.4 Å². The molecule has 0 saturated carbocycles. The quantitative estimate of drug-likeness (QED) is 0.146. The fourth-order valence-corrected chi connectivity index (χ4v) is 8.21. The summed E-state index contributed by atoms with van der Waals surface area (Å²) in [7, 11) is 0. The maximum atomic E-state index is 13.7. The van der Waals surface area contributed by atoms with Gasteiger partial charge in [-0.2, -0.15) is 0 Å². The SMILES string of the molecule is Nc1nc(/C(=N\O)C(=O)NC2C(=O)N3C(C(=O)O)=C(Sc4cc(=O)c5ccc(F)cc5s4)CS[C@H]23)cs1. The van der Waals surface area contributed by atoms with Crippen molar-refractivity contribution in [1.82, 2.24) is 15.2 Å². The molecule has 1 fully saturated rings. The summed E-state index contributed by atoms with van der Waals surface area (Å²) in [5.74, 6) is -3.21. The second-order valence-corrected chi connectivity index (χ2v) is 12.1. The summed E-state index contributed by atoms with van der Waals surface area (Å²) < 4.78 is 14.5. The Hall–Kier alpha value is -3.47. The van der Waals surface area contributed by atoms with Gasteiger partial charge in [0.2, 0.25) is 0 Å². The number of amides is 2. The Morgan fingerprint density at radius 1 is 1.30 bits per heavy atom. The number of nitrogen functional groups attached to an aromatic ring is 1. The molecule has 2 atom stereocenters. The number of oxime groups is 1. The van der Waals surface area contributed by atoms with E-state index in [0.717, 1.165) is 39.3 Å². The lowest BCUT2D eigenvalue weighted by Crippen LogP contribution is -2.71. The van der Waals surface area contributed by atoms with Gasteiger partial charge in [-0.05, 0) is 18.2 Å². The number of benzene rings is 1. The number of nitrogens with one attached hydrogen (secondary N) is 1. The lowest BCUT2D eigenvalue weighted by molar-refractivity contribution is -0.150. The predicted octanol–water partition coefficient (Wildman–Crippen LogP) is 2.11. The molecule has 11 nitrogen and oxygen atoms in total. The van der Waals surface area contributed by atoms with Gasteiger partial charge in [0.25, 0.3) is 11.8 Å². The molecule has 2 aromatic heterocycles. The summed E-state index contributed by atoms with van der Waals surface area (Å²) >= 11 is 4.41. The molecule has 190 valence electrons. The molecule has 1 unspecified atom stereocenters. The zero-order chi connectivity index (χ0) is 26.4. The molecule has 0 bridgehead atoms. The number of hydrogen-bond donors (Lipinski definition) is 4. The minimum atomic E-state index is -1.35. The van der Waals surface area contributed by atoms with Gasteiger partial charge in [0.05, 0.1) is 4.21 Å². The zero-order valence-corrected chi connectivity index (χ0v) is 21.5. The first kappa shape index (κ1) is 25.2. The van der Waals surface area contributed by atoms with Crippen molar-refractivity contribution in [2.45, 2.75) is 15.6 Å². The topological polar surface area (TPSA) is 175 Å². The van der Waals surface area contributed by atoms with Crippen LogP contribution in [0.15, 0.2) is 54.4 Å². The molecule has 1 saturated heterocycles. The second-order valence-electron chi connectivity index (χ2n) is 7.63. The second kappa shape index (κ2) is 9.77. The van der Waals surface area contributed by atoms with Gasteiger partial charge >= 0.3 is 5.97 Å². The number of aliphatic carboxylic acids is 1. The van der Waals surface area contributed by atoms with E-state index in [1.54, 1.807) is 0 Å². The third-order valence-electron chi connectivity index (χ3n) is 5.39. The molecule has 2 aliphatic heterocycles. The van der Waals surface area contributed by atoms with E-state index >= 15 is 0 Å². The van der Waals surface area contributed by atoms with Gasteiger partial charge < -0.3 is 21.4 Å². The van der Waals surface area contributed by atoms with Crippen molar-refractivity contribution < 1.29 is 29.1 Å².